The second-order valence-corrected chi connectivity index (χ2v) is 6.92. The molecule has 2 aromatic rings. The maximum absolute atomic E-state index is 12.5. The van der Waals surface area contributed by atoms with Crippen molar-refractivity contribution < 1.29 is 9.90 Å². The van der Waals surface area contributed by atoms with Gasteiger partial charge in [-0.15, -0.1) is 0 Å². The molecule has 132 valence electrons. The zero-order valence-corrected chi connectivity index (χ0v) is 14.7. The molecule has 0 unspecified atom stereocenters. The molecule has 0 spiro atoms. The maximum Gasteiger partial charge on any atom is 0.224 e. The summed E-state index contributed by atoms with van der Waals surface area (Å²) < 4.78 is 0. The van der Waals surface area contributed by atoms with Crippen molar-refractivity contribution in [3.63, 3.8) is 0 Å². The summed E-state index contributed by atoms with van der Waals surface area (Å²) in [5, 5.41) is 12.7. The SMILES string of the molecule is CN(C)c1ccc(CC(=O)N[C@H](c2ccccn2)C2CC(O)C2)cc1. The van der Waals surface area contributed by atoms with Crippen LogP contribution in [0.15, 0.2) is 48.7 Å². The Morgan fingerprint density at radius 2 is 1.96 bits per heavy atom. The first-order valence-corrected chi connectivity index (χ1v) is 8.67. The topological polar surface area (TPSA) is 65.5 Å². The molecule has 1 aliphatic rings. The molecule has 1 amide bonds. The third-order valence-electron chi connectivity index (χ3n) is 4.76. The third kappa shape index (κ3) is 4.37. The van der Waals surface area contributed by atoms with Crippen molar-refractivity contribution in [2.45, 2.75) is 31.4 Å². The largest absolute Gasteiger partial charge is 0.393 e. The Morgan fingerprint density at radius 1 is 1.24 bits per heavy atom. The van der Waals surface area contributed by atoms with Gasteiger partial charge in [-0.25, -0.2) is 0 Å². The number of amides is 1. The van der Waals surface area contributed by atoms with Gasteiger partial charge in [-0.05, 0) is 48.6 Å². The minimum Gasteiger partial charge on any atom is -0.393 e. The highest BCUT2D eigenvalue weighted by Crippen LogP contribution is 2.37. The number of hydrogen-bond donors (Lipinski definition) is 2. The molecule has 1 aliphatic carbocycles. The van der Waals surface area contributed by atoms with Crippen molar-refractivity contribution in [3.05, 3.63) is 59.9 Å². The summed E-state index contributed by atoms with van der Waals surface area (Å²) >= 11 is 0. The molecule has 5 nitrogen and oxygen atoms in total. The van der Waals surface area contributed by atoms with Crippen LogP contribution in [0.1, 0.15) is 30.1 Å². The number of pyridine rings is 1. The van der Waals surface area contributed by atoms with E-state index in [4.69, 9.17) is 0 Å². The van der Waals surface area contributed by atoms with Gasteiger partial charge in [0.25, 0.3) is 0 Å². The quantitative estimate of drug-likeness (QED) is 0.848. The highest BCUT2D eigenvalue weighted by molar-refractivity contribution is 5.79. The first-order valence-electron chi connectivity index (χ1n) is 8.67. The van der Waals surface area contributed by atoms with Crippen molar-refractivity contribution >= 4 is 11.6 Å². The number of aromatic nitrogens is 1. The van der Waals surface area contributed by atoms with E-state index < -0.39 is 0 Å². The van der Waals surface area contributed by atoms with Gasteiger partial charge in [0.2, 0.25) is 5.91 Å². The number of carbonyl (C=O) groups excluding carboxylic acids is 1. The Labute approximate surface area is 148 Å². The van der Waals surface area contributed by atoms with Gasteiger partial charge in [-0.3, -0.25) is 9.78 Å². The molecule has 25 heavy (non-hydrogen) atoms. The lowest BCUT2D eigenvalue weighted by Gasteiger charge is -2.37. The fourth-order valence-electron chi connectivity index (χ4n) is 3.22. The Balaban J connectivity index is 1.66. The number of carbonyl (C=O) groups is 1. The van der Waals surface area contributed by atoms with Crippen LogP contribution in [0.5, 0.6) is 0 Å². The second kappa shape index (κ2) is 7.66. The number of rotatable bonds is 6. The summed E-state index contributed by atoms with van der Waals surface area (Å²) in [5.74, 6) is 0.222. The first-order chi connectivity index (χ1) is 12.0. The van der Waals surface area contributed by atoms with Gasteiger partial charge >= 0.3 is 0 Å². The summed E-state index contributed by atoms with van der Waals surface area (Å²) in [6.07, 6.45) is 3.24. The minimum atomic E-state index is -0.258. The smallest absolute Gasteiger partial charge is 0.224 e. The number of benzene rings is 1. The number of aliphatic hydroxyl groups is 1. The van der Waals surface area contributed by atoms with Gasteiger partial charge in [-0.1, -0.05) is 18.2 Å². The molecule has 3 rings (SSSR count). The number of nitrogens with one attached hydrogen (secondary N) is 1. The van der Waals surface area contributed by atoms with E-state index in [0.717, 1.165) is 16.9 Å². The van der Waals surface area contributed by atoms with Crippen LogP contribution in [0.2, 0.25) is 0 Å². The molecule has 0 bridgehead atoms. The summed E-state index contributed by atoms with van der Waals surface area (Å²) in [5.41, 5.74) is 2.95. The first kappa shape index (κ1) is 17.4. The van der Waals surface area contributed by atoms with Gasteiger partial charge < -0.3 is 15.3 Å². The standard InChI is InChI=1S/C20H25N3O2/c1-23(2)16-8-6-14(7-9-16)11-19(25)22-20(15-12-17(24)13-15)18-5-3-4-10-21-18/h3-10,15,17,20,24H,11-13H2,1-2H3,(H,22,25)/t15?,17?,20-/m0/s1. The van der Waals surface area contributed by atoms with Crippen LogP contribution in [-0.2, 0) is 11.2 Å². The fourth-order valence-corrected chi connectivity index (χ4v) is 3.22. The highest BCUT2D eigenvalue weighted by atomic mass is 16.3. The van der Waals surface area contributed by atoms with Crippen LogP contribution in [-0.4, -0.2) is 36.2 Å². The lowest BCUT2D eigenvalue weighted by molar-refractivity contribution is -0.122. The third-order valence-corrected chi connectivity index (χ3v) is 4.76. The molecular formula is C20H25N3O2. The molecule has 0 saturated heterocycles. The molecule has 1 atom stereocenters. The van der Waals surface area contributed by atoms with Gasteiger partial charge in [0, 0.05) is 26.0 Å². The predicted octanol–water partition coefficient (Wildman–Crippen LogP) is 2.32. The van der Waals surface area contributed by atoms with Crippen LogP contribution in [0, 0.1) is 5.92 Å². The van der Waals surface area contributed by atoms with E-state index in [9.17, 15) is 9.90 Å². The van der Waals surface area contributed by atoms with Crippen molar-refractivity contribution in [1.82, 2.24) is 10.3 Å². The minimum absolute atomic E-state index is 0.0188. The van der Waals surface area contributed by atoms with Gasteiger partial charge in [0.1, 0.15) is 0 Å². The maximum atomic E-state index is 12.5. The van der Waals surface area contributed by atoms with E-state index in [1.165, 1.54) is 0 Å². The number of anilines is 1. The van der Waals surface area contributed by atoms with Gasteiger partial charge in [0.15, 0.2) is 0 Å². The zero-order chi connectivity index (χ0) is 17.8. The molecule has 0 aliphatic heterocycles. The second-order valence-electron chi connectivity index (χ2n) is 6.92. The molecule has 1 heterocycles. The number of aliphatic hydroxyl groups excluding tert-OH is 1. The average Bonchev–Trinajstić information content (AvgIpc) is 2.58. The lowest BCUT2D eigenvalue weighted by Crippen LogP contribution is -2.42. The zero-order valence-electron chi connectivity index (χ0n) is 14.7. The van der Waals surface area contributed by atoms with Crippen molar-refractivity contribution in [2.24, 2.45) is 5.92 Å². The highest BCUT2D eigenvalue weighted by Gasteiger charge is 2.36. The van der Waals surface area contributed by atoms with Crippen LogP contribution < -0.4 is 10.2 Å². The van der Waals surface area contributed by atoms with Crippen molar-refractivity contribution in [1.29, 1.82) is 0 Å². The summed E-state index contributed by atoms with van der Waals surface area (Å²) in [6, 6.07) is 13.6. The van der Waals surface area contributed by atoms with Gasteiger partial charge in [-0.2, -0.15) is 0 Å². The van der Waals surface area contributed by atoms with E-state index in [-0.39, 0.29) is 24.0 Å². The lowest BCUT2D eigenvalue weighted by atomic mass is 9.76. The predicted molar refractivity (Wildman–Crippen MR) is 98.3 cm³/mol. The van der Waals surface area contributed by atoms with E-state index >= 15 is 0 Å². The Bertz CT molecular complexity index is 695. The van der Waals surface area contributed by atoms with Crippen molar-refractivity contribution in [2.75, 3.05) is 19.0 Å². The van der Waals surface area contributed by atoms with Gasteiger partial charge in [0.05, 0.1) is 24.3 Å². The van der Waals surface area contributed by atoms with Crippen LogP contribution in [0.4, 0.5) is 5.69 Å². The molecule has 0 radical (unpaired) electrons. The van der Waals surface area contributed by atoms with Crippen LogP contribution >= 0.6 is 0 Å². The van der Waals surface area contributed by atoms with Crippen LogP contribution in [0.3, 0.4) is 0 Å². The normalized spacial score (nSPS) is 20.4. The van der Waals surface area contributed by atoms with E-state index in [1.54, 1.807) is 6.20 Å². The van der Waals surface area contributed by atoms with E-state index in [0.29, 0.717) is 19.3 Å². The number of hydrogen-bond acceptors (Lipinski definition) is 4. The molecular weight excluding hydrogens is 314 g/mol. The fraction of sp³-hybridized carbons (Fsp3) is 0.400. The molecule has 5 heteroatoms. The number of nitrogens with zero attached hydrogens (tertiary/aromatic N) is 2. The molecule has 2 N–H and O–H groups in total. The van der Waals surface area contributed by atoms with E-state index in [1.807, 2.05) is 61.5 Å². The Kier molecular flexibility index (Phi) is 5.34. The average molecular weight is 339 g/mol. The summed E-state index contributed by atoms with van der Waals surface area (Å²) in [7, 11) is 3.98. The summed E-state index contributed by atoms with van der Waals surface area (Å²) in [4.78, 5) is 19.0. The molecule has 1 fully saturated rings. The molecule has 1 saturated carbocycles. The van der Waals surface area contributed by atoms with E-state index in [2.05, 4.69) is 10.3 Å². The molecule has 1 aromatic heterocycles. The van der Waals surface area contributed by atoms with Crippen molar-refractivity contribution in [3.8, 4) is 0 Å². The molecule has 1 aromatic carbocycles. The van der Waals surface area contributed by atoms with Crippen LogP contribution in [0.25, 0.3) is 0 Å². The Morgan fingerprint density at radius 3 is 2.52 bits per heavy atom. The monoisotopic (exact) mass is 339 g/mol. The Hall–Kier alpha value is -2.40. The summed E-state index contributed by atoms with van der Waals surface area (Å²) in [6.45, 7) is 0.